The van der Waals surface area contributed by atoms with Gasteiger partial charge in [-0.2, -0.15) is 5.10 Å². The average Bonchev–Trinajstić information content (AvgIpc) is 3.30. The van der Waals surface area contributed by atoms with Crippen LogP contribution < -0.4 is 0 Å². The van der Waals surface area contributed by atoms with E-state index in [2.05, 4.69) is 10.2 Å². The zero-order valence-corrected chi connectivity index (χ0v) is 16.1. The maximum Gasteiger partial charge on any atom is 0.226 e. The lowest BCUT2D eigenvalue weighted by Gasteiger charge is -2.31. The number of nitrogens with zero attached hydrogens (tertiary/aromatic N) is 2. The van der Waals surface area contributed by atoms with Crippen LogP contribution in [0, 0.1) is 5.92 Å². The van der Waals surface area contributed by atoms with Crippen LogP contribution >= 0.6 is 0 Å². The van der Waals surface area contributed by atoms with Crippen molar-refractivity contribution < 1.29 is 13.2 Å². The Morgan fingerprint density at radius 3 is 2.41 bits per heavy atom. The number of carbonyl (C=O) groups is 1. The Morgan fingerprint density at radius 1 is 1.11 bits per heavy atom. The summed E-state index contributed by atoms with van der Waals surface area (Å²) in [6, 6.07) is 6.84. The molecular weight excluding hydrogens is 362 g/mol. The zero-order valence-electron chi connectivity index (χ0n) is 15.3. The van der Waals surface area contributed by atoms with Crippen LogP contribution in [0.15, 0.2) is 41.6 Å². The van der Waals surface area contributed by atoms with E-state index >= 15 is 0 Å². The second kappa shape index (κ2) is 7.46. The summed E-state index contributed by atoms with van der Waals surface area (Å²) >= 11 is 0. The van der Waals surface area contributed by atoms with E-state index in [9.17, 15) is 13.2 Å². The molecule has 1 aliphatic heterocycles. The van der Waals surface area contributed by atoms with Gasteiger partial charge in [0.25, 0.3) is 0 Å². The van der Waals surface area contributed by atoms with E-state index in [0.29, 0.717) is 23.2 Å². The van der Waals surface area contributed by atoms with E-state index in [1.807, 2.05) is 17.3 Å². The Hall–Kier alpha value is -2.15. The highest BCUT2D eigenvalue weighted by atomic mass is 32.2. The minimum atomic E-state index is -3.19. The van der Waals surface area contributed by atoms with Crippen molar-refractivity contribution in [2.75, 3.05) is 18.8 Å². The topological polar surface area (TPSA) is 83.1 Å². The number of rotatable bonds is 6. The Bertz CT molecular complexity index is 879. The average molecular weight is 388 g/mol. The SMILES string of the molecule is O=C(Cc1ccc(S(=O)(=O)CC2CC2)cc1)N1CCC(c2cn[nH]c2)CC1. The number of piperidine rings is 1. The first-order chi connectivity index (χ1) is 13.0. The maximum atomic E-state index is 12.6. The number of nitrogens with one attached hydrogen (secondary N) is 1. The molecule has 144 valence electrons. The molecule has 2 aliphatic rings. The number of carbonyl (C=O) groups excluding carboxylic acids is 1. The Morgan fingerprint density at radius 2 is 1.81 bits per heavy atom. The quantitative estimate of drug-likeness (QED) is 0.826. The Balaban J connectivity index is 1.32. The number of aromatic nitrogens is 2. The third kappa shape index (κ3) is 4.40. The normalized spacial score (nSPS) is 18.6. The molecule has 0 bridgehead atoms. The van der Waals surface area contributed by atoms with E-state index in [0.717, 1.165) is 44.3 Å². The van der Waals surface area contributed by atoms with E-state index in [-0.39, 0.29) is 11.7 Å². The van der Waals surface area contributed by atoms with Crippen molar-refractivity contribution in [3.05, 3.63) is 47.8 Å². The van der Waals surface area contributed by atoms with Crippen LogP contribution in [0.1, 0.15) is 42.7 Å². The summed E-state index contributed by atoms with van der Waals surface area (Å²) in [7, 11) is -3.19. The van der Waals surface area contributed by atoms with Gasteiger partial charge in [-0.1, -0.05) is 12.1 Å². The molecule has 1 aromatic heterocycles. The van der Waals surface area contributed by atoms with E-state index in [1.54, 1.807) is 24.3 Å². The van der Waals surface area contributed by atoms with Crippen molar-refractivity contribution in [3.8, 4) is 0 Å². The Kier molecular flexibility index (Phi) is 5.04. The molecule has 27 heavy (non-hydrogen) atoms. The summed E-state index contributed by atoms with van der Waals surface area (Å²) in [6.45, 7) is 1.51. The largest absolute Gasteiger partial charge is 0.342 e. The molecule has 1 N–H and O–H groups in total. The van der Waals surface area contributed by atoms with Gasteiger partial charge in [0.2, 0.25) is 5.91 Å². The smallest absolute Gasteiger partial charge is 0.226 e. The van der Waals surface area contributed by atoms with E-state index in [4.69, 9.17) is 0 Å². The van der Waals surface area contributed by atoms with Crippen LogP contribution in [0.2, 0.25) is 0 Å². The van der Waals surface area contributed by atoms with Gasteiger partial charge in [0, 0.05) is 19.3 Å². The molecule has 1 aromatic carbocycles. The van der Waals surface area contributed by atoms with Gasteiger partial charge in [0.15, 0.2) is 9.84 Å². The summed E-state index contributed by atoms with van der Waals surface area (Å²) in [6.07, 6.45) is 8.04. The van der Waals surface area contributed by atoms with Crippen molar-refractivity contribution in [1.29, 1.82) is 0 Å². The highest BCUT2D eigenvalue weighted by Gasteiger charge is 2.29. The van der Waals surface area contributed by atoms with Crippen molar-refractivity contribution in [1.82, 2.24) is 15.1 Å². The minimum Gasteiger partial charge on any atom is -0.342 e. The molecule has 0 atom stereocenters. The number of H-pyrrole nitrogens is 1. The molecule has 1 saturated heterocycles. The van der Waals surface area contributed by atoms with E-state index in [1.165, 1.54) is 5.56 Å². The standard InChI is InChI=1S/C20H25N3O3S/c24-20(23-9-7-17(8-10-23)18-12-21-22-13-18)11-15-3-5-19(6-4-15)27(25,26)14-16-1-2-16/h3-6,12-13,16-17H,1-2,7-11,14H2,(H,21,22). The molecule has 2 heterocycles. The number of aromatic amines is 1. The van der Waals surface area contributed by atoms with Crippen LogP contribution in [0.3, 0.4) is 0 Å². The highest BCUT2D eigenvalue weighted by Crippen LogP contribution is 2.32. The zero-order chi connectivity index (χ0) is 18.9. The summed E-state index contributed by atoms with van der Waals surface area (Å²) < 4.78 is 24.6. The van der Waals surface area contributed by atoms with Crippen molar-refractivity contribution >= 4 is 15.7 Å². The van der Waals surface area contributed by atoms with Gasteiger partial charge in [0.05, 0.1) is 23.3 Å². The predicted octanol–water partition coefficient (Wildman–Crippen LogP) is 2.54. The van der Waals surface area contributed by atoms with Crippen LogP contribution in [0.25, 0.3) is 0 Å². The first-order valence-corrected chi connectivity index (χ1v) is 11.2. The third-order valence-corrected chi connectivity index (χ3v) is 7.53. The second-order valence-electron chi connectivity index (χ2n) is 7.73. The minimum absolute atomic E-state index is 0.106. The van der Waals surface area contributed by atoms with Crippen LogP contribution in [0.4, 0.5) is 0 Å². The van der Waals surface area contributed by atoms with Crippen molar-refractivity contribution in [3.63, 3.8) is 0 Å². The summed E-state index contributed by atoms with van der Waals surface area (Å²) in [5.74, 6) is 1.15. The lowest BCUT2D eigenvalue weighted by atomic mass is 9.91. The highest BCUT2D eigenvalue weighted by molar-refractivity contribution is 7.91. The number of hydrogen-bond acceptors (Lipinski definition) is 4. The second-order valence-corrected chi connectivity index (χ2v) is 9.77. The molecule has 0 spiro atoms. The van der Waals surface area contributed by atoms with Gasteiger partial charge in [0.1, 0.15) is 0 Å². The number of hydrogen-bond donors (Lipinski definition) is 1. The number of sulfone groups is 1. The van der Waals surface area contributed by atoms with Crippen molar-refractivity contribution in [2.24, 2.45) is 5.92 Å². The fraction of sp³-hybridized carbons (Fsp3) is 0.500. The number of benzene rings is 1. The molecular formula is C20H25N3O3S. The number of amides is 1. The fourth-order valence-corrected chi connectivity index (χ4v) is 5.44. The molecule has 2 fully saturated rings. The van der Waals surface area contributed by atoms with Gasteiger partial charge >= 0.3 is 0 Å². The molecule has 1 saturated carbocycles. The fourth-order valence-electron chi connectivity index (χ4n) is 3.74. The molecule has 7 heteroatoms. The molecule has 1 aliphatic carbocycles. The molecule has 6 nitrogen and oxygen atoms in total. The summed E-state index contributed by atoms with van der Waals surface area (Å²) in [5.41, 5.74) is 2.08. The Labute approximate surface area is 159 Å². The first kappa shape index (κ1) is 18.2. The molecule has 4 rings (SSSR count). The maximum absolute atomic E-state index is 12.6. The van der Waals surface area contributed by atoms with Gasteiger partial charge in [-0.05, 0) is 60.8 Å². The van der Waals surface area contributed by atoms with Crippen LogP contribution in [-0.4, -0.2) is 48.3 Å². The van der Waals surface area contributed by atoms with Gasteiger partial charge in [-0.15, -0.1) is 0 Å². The summed E-state index contributed by atoms with van der Waals surface area (Å²) in [4.78, 5) is 14.9. The van der Waals surface area contributed by atoms with E-state index < -0.39 is 9.84 Å². The van der Waals surface area contributed by atoms with Gasteiger partial charge < -0.3 is 4.90 Å². The lowest BCUT2D eigenvalue weighted by Crippen LogP contribution is -2.38. The van der Waals surface area contributed by atoms with Gasteiger partial charge in [-0.3, -0.25) is 9.89 Å². The predicted molar refractivity (Wildman–Crippen MR) is 102 cm³/mol. The summed E-state index contributed by atoms with van der Waals surface area (Å²) in [5, 5.41) is 6.85. The van der Waals surface area contributed by atoms with Crippen molar-refractivity contribution in [2.45, 2.75) is 42.9 Å². The molecule has 2 aromatic rings. The molecule has 1 amide bonds. The molecule has 0 unspecified atom stereocenters. The monoisotopic (exact) mass is 387 g/mol. The molecule has 0 radical (unpaired) electrons. The third-order valence-electron chi connectivity index (χ3n) is 5.63. The van der Waals surface area contributed by atoms with Gasteiger partial charge in [-0.25, -0.2) is 8.42 Å². The van der Waals surface area contributed by atoms with Crippen LogP contribution in [-0.2, 0) is 21.1 Å². The van der Waals surface area contributed by atoms with Crippen LogP contribution in [0.5, 0.6) is 0 Å². The number of likely N-dealkylation sites (tertiary alicyclic amines) is 1. The first-order valence-electron chi connectivity index (χ1n) is 9.59. The lowest BCUT2D eigenvalue weighted by molar-refractivity contribution is -0.131.